The third kappa shape index (κ3) is 2.81. The molecule has 3 aliphatic rings. The summed E-state index contributed by atoms with van der Waals surface area (Å²) in [7, 11) is 1.91. The van der Waals surface area contributed by atoms with E-state index in [1.54, 1.807) is 0 Å². The van der Waals surface area contributed by atoms with Crippen LogP contribution in [0, 0.1) is 0 Å². The van der Waals surface area contributed by atoms with Crippen LogP contribution in [0.1, 0.15) is 60.7 Å². The fraction of sp³-hybridized carbons (Fsp3) is 0.733. The third-order valence-corrected chi connectivity index (χ3v) is 5.04. The van der Waals surface area contributed by atoms with Gasteiger partial charge in [0.2, 0.25) is 0 Å². The molecule has 2 atom stereocenters. The summed E-state index contributed by atoms with van der Waals surface area (Å²) in [6.07, 6.45) is 6.95. The van der Waals surface area contributed by atoms with Crippen LogP contribution in [-0.4, -0.2) is 41.1 Å². The van der Waals surface area contributed by atoms with Crippen LogP contribution >= 0.6 is 12.4 Å². The second-order valence-corrected chi connectivity index (χ2v) is 6.57. The molecule has 0 radical (unpaired) electrons. The molecule has 1 aliphatic carbocycles. The molecule has 2 saturated heterocycles. The van der Waals surface area contributed by atoms with Gasteiger partial charge in [0, 0.05) is 37.2 Å². The van der Waals surface area contributed by atoms with Crippen molar-refractivity contribution in [2.24, 2.45) is 0 Å². The van der Waals surface area contributed by atoms with Gasteiger partial charge in [-0.15, -0.1) is 12.4 Å². The summed E-state index contributed by atoms with van der Waals surface area (Å²) in [5, 5.41) is 7.57. The van der Waals surface area contributed by atoms with E-state index in [-0.39, 0.29) is 18.3 Å². The van der Waals surface area contributed by atoms with Crippen LogP contribution in [0.2, 0.25) is 0 Å². The third-order valence-electron chi connectivity index (χ3n) is 5.04. The highest BCUT2D eigenvalue weighted by atomic mass is 35.5. The Bertz CT molecular complexity index is 517. The monoisotopic (exact) mass is 311 g/mol. The van der Waals surface area contributed by atoms with Crippen molar-refractivity contribution in [2.45, 2.75) is 62.6 Å². The summed E-state index contributed by atoms with van der Waals surface area (Å²) < 4.78 is 5.29. The summed E-state index contributed by atoms with van der Waals surface area (Å²) in [4.78, 5) is 14.4. The van der Waals surface area contributed by atoms with Crippen LogP contribution < -0.4 is 5.32 Å². The Balaban J connectivity index is 0.00000132. The van der Waals surface area contributed by atoms with Crippen molar-refractivity contribution >= 4 is 18.3 Å². The van der Waals surface area contributed by atoms with E-state index in [9.17, 15) is 4.79 Å². The molecule has 1 amide bonds. The number of amides is 1. The second-order valence-electron chi connectivity index (χ2n) is 6.57. The maximum atomic E-state index is 12.5. The molecule has 4 rings (SSSR count). The fourth-order valence-electron chi connectivity index (χ4n) is 3.64. The van der Waals surface area contributed by atoms with E-state index in [1.165, 1.54) is 12.8 Å². The molecular weight excluding hydrogens is 290 g/mol. The zero-order chi connectivity index (χ0) is 13.7. The van der Waals surface area contributed by atoms with Gasteiger partial charge in [0.15, 0.2) is 5.69 Å². The first-order chi connectivity index (χ1) is 9.70. The molecule has 2 unspecified atom stereocenters. The summed E-state index contributed by atoms with van der Waals surface area (Å²) in [6, 6.07) is 3.36. The minimum Gasteiger partial charge on any atom is -0.360 e. The van der Waals surface area contributed by atoms with Crippen LogP contribution in [0.4, 0.5) is 0 Å². The first-order valence-corrected chi connectivity index (χ1v) is 7.70. The lowest BCUT2D eigenvalue weighted by Gasteiger charge is -2.35. The Morgan fingerprint density at radius 3 is 2.57 bits per heavy atom. The summed E-state index contributed by atoms with van der Waals surface area (Å²) >= 11 is 0. The van der Waals surface area contributed by atoms with Gasteiger partial charge in [0.05, 0.1) is 0 Å². The van der Waals surface area contributed by atoms with Gasteiger partial charge in [0.25, 0.3) is 5.91 Å². The van der Waals surface area contributed by atoms with Crippen molar-refractivity contribution in [3.05, 3.63) is 17.5 Å². The standard InChI is InChI=1S/C15H21N3O2.ClH/c1-18(12-6-10-4-5-11(7-12)16-10)15(19)13-8-14(20-17-13)9-2-3-9;/h8-12,16H,2-7H2,1H3;1H. The zero-order valence-electron chi connectivity index (χ0n) is 12.2. The number of carbonyl (C=O) groups is 1. The number of halogens is 1. The minimum atomic E-state index is 0. The first kappa shape index (κ1) is 14.9. The molecule has 116 valence electrons. The lowest BCUT2D eigenvalue weighted by molar-refractivity contribution is 0.0671. The SMILES string of the molecule is CN(C(=O)c1cc(C2CC2)on1)C1CC2CCC(C1)N2.Cl. The number of nitrogens with zero attached hydrogens (tertiary/aromatic N) is 2. The number of piperidine rings is 1. The number of rotatable bonds is 3. The Morgan fingerprint density at radius 1 is 1.29 bits per heavy atom. The largest absolute Gasteiger partial charge is 0.360 e. The quantitative estimate of drug-likeness (QED) is 0.931. The topological polar surface area (TPSA) is 58.4 Å². The maximum absolute atomic E-state index is 12.5. The lowest BCUT2D eigenvalue weighted by Crippen LogP contribution is -2.48. The van der Waals surface area contributed by atoms with Gasteiger partial charge in [-0.2, -0.15) is 0 Å². The lowest BCUT2D eigenvalue weighted by atomic mass is 9.98. The molecule has 1 aromatic rings. The predicted octanol–water partition coefficient (Wildman–Crippen LogP) is 2.33. The molecule has 3 heterocycles. The summed E-state index contributed by atoms with van der Waals surface area (Å²) in [5.41, 5.74) is 0.472. The van der Waals surface area contributed by atoms with Gasteiger partial charge in [-0.05, 0) is 38.5 Å². The van der Waals surface area contributed by atoms with Crippen molar-refractivity contribution in [3.8, 4) is 0 Å². The average molecular weight is 312 g/mol. The number of aromatic nitrogens is 1. The van der Waals surface area contributed by atoms with E-state index in [0.717, 1.165) is 31.4 Å². The van der Waals surface area contributed by atoms with E-state index >= 15 is 0 Å². The maximum Gasteiger partial charge on any atom is 0.276 e. The number of hydrogen-bond donors (Lipinski definition) is 1. The van der Waals surface area contributed by atoms with Gasteiger partial charge in [-0.1, -0.05) is 5.16 Å². The van der Waals surface area contributed by atoms with Crippen LogP contribution in [0.25, 0.3) is 0 Å². The number of nitrogens with one attached hydrogen (secondary N) is 1. The predicted molar refractivity (Wildman–Crippen MR) is 80.8 cm³/mol. The van der Waals surface area contributed by atoms with Crippen LogP contribution in [0.3, 0.4) is 0 Å². The molecule has 0 spiro atoms. The van der Waals surface area contributed by atoms with Crippen molar-refractivity contribution in [1.82, 2.24) is 15.4 Å². The van der Waals surface area contributed by atoms with Gasteiger partial charge < -0.3 is 14.7 Å². The molecular formula is C15H22ClN3O2. The minimum absolute atomic E-state index is 0. The molecule has 2 aliphatic heterocycles. The molecule has 1 saturated carbocycles. The Kier molecular flexibility index (Phi) is 3.97. The number of fused-ring (bicyclic) bond motifs is 2. The van der Waals surface area contributed by atoms with Crippen molar-refractivity contribution in [2.75, 3.05) is 7.05 Å². The molecule has 2 bridgehead atoms. The number of hydrogen-bond acceptors (Lipinski definition) is 4. The van der Waals surface area contributed by atoms with E-state index < -0.39 is 0 Å². The summed E-state index contributed by atoms with van der Waals surface area (Å²) in [5.74, 6) is 1.39. The van der Waals surface area contributed by atoms with E-state index in [4.69, 9.17) is 4.52 Å². The van der Waals surface area contributed by atoms with Gasteiger partial charge in [-0.3, -0.25) is 4.79 Å². The molecule has 21 heavy (non-hydrogen) atoms. The Morgan fingerprint density at radius 2 is 1.95 bits per heavy atom. The van der Waals surface area contributed by atoms with Gasteiger partial charge in [0.1, 0.15) is 5.76 Å². The number of carbonyl (C=O) groups excluding carboxylic acids is 1. The van der Waals surface area contributed by atoms with E-state index in [2.05, 4.69) is 10.5 Å². The van der Waals surface area contributed by atoms with Crippen molar-refractivity contribution in [3.63, 3.8) is 0 Å². The highest BCUT2D eigenvalue weighted by Crippen LogP contribution is 2.40. The van der Waals surface area contributed by atoms with Gasteiger partial charge in [-0.25, -0.2) is 0 Å². The normalized spacial score (nSPS) is 30.8. The molecule has 1 N–H and O–H groups in total. The van der Waals surface area contributed by atoms with Crippen LogP contribution in [0.15, 0.2) is 10.6 Å². The van der Waals surface area contributed by atoms with Gasteiger partial charge >= 0.3 is 0 Å². The zero-order valence-corrected chi connectivity index (χ0v) is 13.1. The summed E-state index contributed by atoms with van der Waals surface area (Å²) in [6.45, 7) is 0. The van der Waals surface area contributed by atoms with Crippen molar-refractivity contribution in [1.29, 1.82) is 0 Å². The Hall–Kier alpha value is -1.07. The Labute approximate surface area is 130 Å². The molecule has 3 fully saturated rings. The second kappa shape index (κ2) is 5.61. The fourth-order valence-corrected chi connectivity index (χ4v) is 3.64. The highest BCUT2D eigenvalue weighted by Gasteiger charge is 2.37. The molecule has 6 heteroatoms. The van der Waals surface area contributed by atoms with Crippen molar-refractivity contribution < 1.29 is 9.32 Å². The van der Waals surface area contributed by atoms with Crippen LogP contribution in [-0.2, 0) is 0 Å². The molecule has 1 aromatic heterocycles. The highest BCUT2D eigenvalue weighted by molar-refractivity contribution is 5.92. The smallest absolute Gasteiger partial charge is 0.276 e. The van der Waals surface area contributed by atoms with Crippen LogP contribution in [0.5, 0.6) is 0 Å². The van der Waals surface area contributed by atoms with E-state index in [1.807, 2.05) is 18.0 Å². The first-order valence-electron chi connectivity index (χ1n) is 7.70. The average Bonchev–Trinajstić information content (AvgIpc) is 3.11. The van der Waals surface area contributed by atoms with E-state index in [0.29, 0.717) is 29.7 Å². The molecule has 0 aromatic carbocycles. The molecule has 5 nitrogen and oxygen atoms in total.